The summed E-state index contributed by atoms with van der Waals surface area (Å²) in [5.41, 5.74) is 2.96. The van der Waals surface area contributed by atoms with Crippen LogP contribution < -0.4 is 14.8 Å². The predicted octanol–water partition coefficient (Wildman–Crippen LogP) is 4.34. The zero-order valence-electron chi connectivity index (χ0n) is 17.1. The zero-order chi connectivity index (χ0) is 20.4. The molecule has 6 heteroatoms. The molecule has 4 rings (SSSR count). The number of hydrogen-bond donors (Lipinski definition) is 2. The van der Waals surface area contributed by atoms with E-state index in [1.54, 1.807) is 14.2 Å². The van der Waals surface area contributed by atoms with Crippen LogP contribution in [0.4, 0.5) is 5.82 Å². The molecule has 1 fully saturated rings. The number of methoxy groups -OCH3 is 2. The summed E-state index contributed by atoms with van der Waals surface area (Å²) in [6.45, 7) is 2.06. The molecule has 2 aromatic carbocycles. The molecule has 2 N–H and O–H groups in total. The summed E-state index contributed by atoms with van der Waals surface area (Å²) in [5, 5.41) is 14.3. The molecule has 152 valence electrons. The van der Waals surface area contributed by atoms with Crippen LogP contribution in [0.5, 0.6) is 11.5 Å². The summed E-state index contributed by atoms with van der Waals surface area (Å²) in [6, 6.07) is 12.3. The lowest BCUT2D eigenvalue weighted by molar-refractivity contribution is 0.126. The van der Waals surface area contributed by atoms with Gasteiger partial charge in [-0.2, -0.15) is 0 Å². The fraction of sp³-hybridized carbons (Fsp3) is 0.391. The fourth-order valence-electron chi connectivity index (χ4n) is 3.81. The van der Waals surface area contributed by atoms with Crippen LogP contribution in [0.3, 0.4) is 0 Å². The molecular formula is C23H27N3O3. The average Bonchev–Trinajstić information content (AvgIpc) is 2.74. The second-order valence-corrected chi connectivity index (χ2v) is 7.64. The Bertz CT molecular complexity index is 996. The molecular weight excluding hydrogens is 366 g/mol. The van der Waals surface area contributed by atoms with Gasteiger partial charge in [-0.25, -0.2) is 9.97 Å². The van der Waals surface area contributed by atoms with Crippen molar-refractivity contribution >= 4 is 16.7 Å². The Morgan fingerprint density at radius 2 is 1.59 bits per heavy atom. The van der Waals surface area contributed by atoms with E-state index in [0.29, 0.717) is 17.3 Å². The number of nitrogens with zero attached hydrogens (tertiary/aromatic N) is 2. The molecule has 0 saturated heterocycles. The Morgan fingerprint density at radius 1 is 0.931 bits per heavy atom. The highest BCUT2D eigenvalue weighted by Gasteiger charge is 2.21. The molecule has 0 amide bonds. The standard InChI is InChI=1S/C23H27N3O3/c1-14-4-6-15(7-5-14)22-25-19-13-21(29-3)20(28-2)12-18(19)23(26-22)24-16-8-10-17(27)11-9-16/h4-7,12-13,16-17,27H,8-11H2,1-3H3,(H,24,25,26). The van der Waals surface area contributed by atoms with E-state index in [1.165, 1.54) is 5.56 Å². The van der Waals surface area contributed by atoms with Crippen molar-refractivity contribution in [1.82, 2.24) is 9.97 Å². The fourth-order valence-corrected chi connectivity index (χ4v) is 3.81. The summed E-state index contributed by atoms with van der Waals surface area (Å²) in [4.78, 5) is 9.66. The topological polar surface area (TPSA) is 76.5 Å². The van der Waals surface area contributed by atoms with E-state index in [0.717, 1.165) is 48.0 Å². The maximum absolute atomic E-state index is 9.82. The van der Waals surface area contributed by atoms with Gasteiger partial charge in [0.2, 0.25) is 0 Å². The zero-order valence-corrected chi connectivity index (χ0v) is 17.1. The molecule has 1 heterocycles. The molecule has 0 radical (unpaired) electrons. The summed E-state index contributed by atoms with van der Waals surface area (Å²) in [5.74, 6) is 2.74. The van der Waals surface area contributed by atoms with Gasteiger partial charge < -0.3 is 19.9 Å². The lowest BCUT2D eigenvalue weighted by atomic mass is 9.93. The first kappa shape index (κ1) is 19.5. The molecule has 1 aliphatic rings. The molecule has 6 nitrogen and oxygen atoms in total. The number of aromatic nitrogens is 2. The molecule has 29 heavy (non-hydrogen) atoms. The van der Waals surface area contributed by atoms with Crippen molar-refractivity contribution in [3.8, 4) is 22.9 Å². The van der Waals surface area contributed by atoms with Crippen molar-refractivity contribution in [2.75, 3.05) is 19.5 Å². The largest absolute Gasteiger partial charge is 0.493 e. The van der Waals surface area contributed by atoms with Crippen molar-refractivity contribution in [2.24, 2.45) is 0 Å². The molecule has 1 aromatic heterocycles. The van der Waals surface area contributed by atoms with Crippen LogP contribution in [-0.4, -0.2) is 41.4 Å². The minimum atomic E-state index is -0.192. The first-order valence-corrected chi connectivity index (χ1v) is 10.0. The second-order valence-electron chi connectivity index (χ2n) is 7.64. The highest BCUT2D eigenvalue weighted by molar-refractivity contribution is 5.93. The van der Waals surface area contributed by atoms with E-state index in [-0.39, 0.29) is 12.1 Å². The Labute approximate surface area is 170 Å². The van der Waals surface area contributed by atoms with Gasteiger partial charge in [-0.15, -0.1) is 0 Å². The van der Waals surface area contributed by atoms with E-state index >= 15 is 0 Å². The summed E-state index contributed by atoms with van der Waals surface area (Å²) in [6.07, 6.45) is 3.26. The number of rotatable bonds is 5. The quantitative estimate of drug-likeness (QED) is 0.672. The molecule has 0 aliphatic heterocycles. The van der Waals surface area contributed by atoms with Gasteiger partial charge in [-0.1, -0.05) is 29.8 Å². The van der Waals surface area contributed by atoms with Gasteiger partial charge in [0.25, 0.3) is 0 Å². The third kappa shape index (κ3) is 4.12. The first-order chi connectivity index (χ1) is 14.1. The van der Waals surface area contributed by atoms with E-state index in [9.17, 15) is 5.11 Å². The minimum absolute atomic E-state index is 0.192. The smallest absolute Gasteiger partial charge is 0.162 e. The van der Waals surface area contributed by atoms with Crippen LogP contribution in [-0.2, 0) is 0 Å². The molecule has 1 saturated carbocycles. The van der Waals surface area contributed by atoms with E-state index in [4.69, 9.17) is 19.4 Å². The molecule has 0 spiro atoms. The van der Waals surface area contributed by atoms with Crippen molar-refractivity contribution in [3.63, 3.8) is 0 Å². The summed E-state index contributed by atoms with van der Waals surface area (Å²) < 4.78 is 11.0. The molecule has 0 atom stereocenters. The number of hydrogen-bond acceptors (Lipinski definition) is 6. The Balaban J connectivity index is 1.81. The number of aliphatic hydroxyl groups is 1. The van der Waals surface area contributed by atoms with E-state index in [2.05, 4.69) is 24.4 Å². The van der Waals surface area contributed by atoms with Crippen LogP contribution in [0.2, 0.25) is 0 Å². The van der Waals surface area contributed by atoms with Gasteiger partial charge in [0, 0.05) is 23.1 Å². The molecule has 0 bridgehead atoms. The molecule has 3 aromatic rings. The van der Waals surface area contributed by atoms with Crippen molar-refractivity contribution in [3.05, 3.63) is 42.0 Å². The Morgan fingerprint density at radius 3 is 2.24 bits per heavy atom. The predicted molar refractivity (Wildman–Crippen MR) is 115 cm³/mol. The van der Waals surface area contributed by atoms with Gasteiger partial charge in [0.1, 0.15) is 5.82 Å². The number of ether oxygens (including phenoxy) is 2. The highest BCUT2D eigenvalue weighted by atomic mass is 16.5. The number of fused-ring (bicyclic) bond motifs is 1. The molecule has 0 unspecified atom stereocenters. The second kappa shape index (κ2) is 8.25. The number of aryl methyl sites for hydroxylation is 1. The summed E-state index contributed by atoms with van der Waals surface area (Å²) in [7, 11) is 3.25. The van der Waals surface area contributed by atoms with Crippen LogP contribution in [0.15, 0.2) is 36.4 Å². The number of anilines is 1. The highest BCUT2D eigenvalue weighted by Crippen LogP contribution is 2.36. The molecule has 1 aliphatic carbocycles. The van der Waals surface area contributed by atoms with Crippen LogP contribution in [0.25, 0.3) is 22.3 Å². The van der Waals surface area contributed by atoms with E-state index in [1.807, 2.05) is 24.3 Å². The Hall–Kier alpha value is -2.86. The van der Waals surface area contributed by atoms with Crippen LogP contribution in [0.1, 0.15) is 31.2 Å². The van der Waals surface area contributed by atoms with Gasteiger partial charge in [0.15, 0.2) is 17.3 Å². The normalized spacial score (nSPS) is 19.2. The maximum Gasteiger partial charge on any atom is 0.162 e. The van der Waals surface area contributed by atoms with Crippen LogP contribution in [0, 0.1) is 6.92 Å². The SMILES string of the molecule is COc1cc2nc(-c3ccc(C)cc3)nc(NC3CCC(O)CC3)c2cc1OC. The van der Waals surface area contributed by atoms with Crippen molar-refractivity contribution in [1.29, 1.82) is 0 Å². The number of benzene rings is 2. The van der Waals surface area contributed by atoms with Crippen LogP contribution >= 0.6 is 0 Å². The Kier molecular flexibility index (Phi) is 5.53. The number of nitrogens with one attached hydrogen (secondary N) is 1. The average molecular weight is 393 g/mol. The lowest BCUT2D eigenvalue weighted by Gasteiger charge is -2.27. The maximum atomic E-state index is 9.82. The third-order valence-electron chi connectivity index (χ3n) is 5.55. The van der Waals surface area contributed by atoms with Gasteiger partial charge >= 0.3 is 0 Å². The van der Waals surface area contributed by atoms with E-state index < -0.39 is 0 Å². The summed E-state index contributed by atoms with van der Waals surface area (Å²) >= 11 is 0. The monoisotopic (exact) mass is 393 g/mol. The minimum Gasteiger partial charge on any atom is -0.493 e. The van der Waals surface area contributed by atoms with Gasteiger partial charge in [-0.3, -0.25) is 0 Å². The lowest BCUT2D eigenvalue weighted by Crippen LogP contribution is -2.28. The van der Waals surface area contributed by atoms with Gasteiger partial charge in [0.05, 0.1) is 25.8 Å². The van der Waals surface area contributed by atoms with Gasteiger partial charge in [-0.05, 0) is 38.7 Å². The first-order valence-electron chi connectivity index (χ1n) is 10.0. The third-order valence-corrected chi connectivity index (χ3v) is 5.55. The van der Waals surface area contributed by atoms with Crippen molar-refractivity contribution < 1.29 is 14.6 Å². The van der Waals surface area contributed by atoms with Crippen molar-refractivity contribution in [2.45, 2.75) is 44.8 Å². The number of aliphatic hydroxyl groups excluding tert-OH is 1.